The first-order chi connectivity index (χ1) is 6.95. The summed E-state index contributed by atoms with van der Waals surface area (Å²) in [5, 5.41) is 0. The van der Waals surface area contributed by atoms with Crippen LogP contribution in [0.3, 0.4) is 0 Å². The zero-order valence-corrected chi connectivity index (χ0v) is 8.29. The molecule has 0 fully saturated rings. The van der Waals surface area contributed by atoms with Gasteiger partial charge in [0.15, 0.2) is 0 Å². The van der Waals surface area contributed by atoms with E-state index in [1.807, 2.05) is 0 Å². The molecule has 3 aliphatic carbocycles. The standard InChI is InChI=1S/C14H14/c1-3-7-12-9-10-13-8-4-2-6-11(5-1)14(12)13/h1,3,5,7,9-10H,2,4,6,8H2. The summed E-state index contributed by atoms with van der Waals surface area (Å²) >= 11 is 0. The van der Waals surface area contributed by atoms with E-state index in [4.69, 9.17) is 0 Å². The Morgan fingerprint density at radius 2 is 1.43 bits per heavy atom. The Morgan fingerprint density at radius 1 is 0.714 bits per heavy atom. The molecular formula is C14H14. The quantitative estimate of drug-likeness (QED) is 0.583. The van der Waals surface area contributed by atoms with Crippen LogP contribution < -0.4 is 0 Å². The van der Waals surface area contributed by atoms with Gasteiger partial charge in [-0.3, -0.25) is 0 Å². The molecule has 0 unspecified atom stereocenters. The maximum Gasteiger partial charge on any atom is -0.0120 e. The Kier molecular flexibility index (Phi) is 1.80. The summed E-state index contributed by atoms with van der Waals surface area (Å²) in [5.41, 5.74) is 6.06. The van der Waals surface area contributed by atoms with E-state index in [9.17, 15) is 0 Å². The molecule has 0 amide bonds. The van der Waals surface area contributed by atoms with Crippen LogP contribution in [0.4, 0.5) is 0 Å². The minimum atomic E-state index is 1.25. The summed E-state index contributed by atoms with van der Waals surface area (Å²) in [7, 11) is 0. The fourth-order valence-electron chi connectivity index (χ4n) is 2.53. The molecule has 0 aromatic heterocycles. The smallest absolute Gasteiger partial charge is 0.0120 e. The first-order valence-corrected chi connectivity index (χ1v) is 5.45. The minimum absolute atomic E-state index is 1.25. The predicted octanol–water partition coefficient (Wildman–Crippen LogP) is 3.67. The van der Waals surface area contributed by atoms with Gasteiger partial charge in [-0.2, -0.15) is 0 Å². The Bertz CT molecular complexity index is 428. The monoisotopic (exact) mass is 182 g/mol. The van der Waals surface area contributed by atoms with Gasteiger partial charge in [0.2, 0.25) is 0 Å². The van der Waals surface area contributed by atoms with Crippen LogP contribution in [0, 0.1) is 0 Å². The highest BCUT2D eigenvalue weighted by atomic mass is 14.2. The van der Waals surface area contributed by atoms with E-state index in [1.165, 1.54) is 36.8 Å². The molecule has 0 bridgehead atoms. The highest BCUT2D eigenvalue weighted by molar-refractivity contribution is 5.74. The molecule has 0 aromatic rings. The van der Waals surface area contributed by atoms with E-state index >= 15 is 0 Å². The predicted molar refractivity (Wildman–Crippen MR) is 59.7 cm³/mol. The van der Waals surface area contributed by atoms with Crippen LogP contribution in [0.2, 0.25) is 0 Å². The zero-order valence-electron chi connectivity index (χ0n) is 8.29. The van der Waals surface area contributed by atoms with Crippen LogP contribution in [0.15, 0.2) is 36.4 Å². The third kappa shape index (κ3) is 1.14. The summed E-state index contributed by atoms with van der Waals surface area (Å²) in [6.07, 6.45) is 5.20. The molecule has 0 radical (unpaired) electrons. The topological polar surface area (TPSA) is 0 Å². The van der Waals surface area contributed by atoms with Gasteiger partial charge in [-0.25, -0.2) is 0 Å². The highest BCUT2D eigenvalue weighted by Gasteiger charge is 2.14. The molecule has 0 heterocycles. The molecule has 0 saturated heterocycles. The second-order valence-corrected chi connectivity index (χ2v) is 4.14. The van der Waals surface area contributed by atoms with Gasteiger partial charge in [0.1, 0.15) is 0 Å². The van der Waals surface area contributed by atoms with E-state index in [-0.39, 0.29) is 0 Å². The van der Waals surface area contributed by atoms with E-state index in [1.54, 1.807) is 11.1 Å². The molecule has 0 atom stereocenters. The molecule has 0 spiro atoms. The fourth-order valence-corrected chi connectivity index (χ4v) is 2.53. The fraction of sp³-hybridized carbons (Fsp3) is 0.286. The van der Waals surface area contributed by atoms with Crippen LogP contribution in [-0.4, -0.2) is 0 Å². The average Bonchev–Trinajstić information content (AvgIpc) is 2.37. The van der Waals surface area contributed by atoms with Crippen molar-refractivity contribution in [3.8, 4) is 11.1 Å². The van der Waals surface area contributed by atoms with Gasteiger partial charge in [-0.15, -0.1) is 0 Å². The van der Waals surface area contributed by atoms with Crippen LogP contribution in [0.1, 0.15) is 24.0 Å². The van der Waals surface area contributed by atoms with E-state index in [2.05, 4.69) is 36.4 Å². The van der Waals surface area contributed by atoms with Gasteiger partial charge in [0.05, 0.1) is 0 Å². The Labute approximate surface area is 84.9 Å². The van der Waals surface area contributed by atoms with Crippen LogP contribution in [0.5, 0.6) is 0 Å². The Balaban J connectivity index is 2.32. The third-order valence-electron chi connectivity index (χ3n) is 3.22. The van der Waals surface area contributed by atoms with E-state index in [0.717, 1.165) is 0 Å². The summed E-state index contributed by atoms with van der Waals surface area (Å²) in [6, 6.07) is 13.4. The van der Waals surface area contributed by atoms with Crippen molar-refractivity contribution in [2.24, 2.45) is 0 Å². The summed E-state index contributed by atoms with van der Waals surface area (Å²) in [6.45, 7) is 0. The van der Waals surface area contributed by atoms with Crippen molar-refractivity contribution in [1.29, 1.82) is 0 Å². The van der Waals surface area contributed by atoms with Crippen molar-refractivity contribution < 1.29 is 0 Å². The number of hydrogen-bond donors (Lipinski definition) is 0. The van der Waals surface area contributed by atoms with Crippen LogP contribution >= 0.6 is 0 Å². The summed E-state index contributed by atoms with van der Waals surface area (Å²) in [4.78, 5) is 0. The van der Waals surface area contributed by atoms with Crippen LogP contribution in [0.25, 0.3) is 11.1 Å². The lowest BCUT2D eigenvalue weighted by Crippen LogP contribution is -1.83. The second-order valence-electron chi connectivity index (χ2n) is 4.14. The molecular weight excluding hydrogens is 168 g/mol. The molecule has 0 nitrogen and oxygen atoms in total. The van der Waals surface area contributed by atoms with Crippen molar-refractivity contribution >= 4 is 0 Å². The minimum Gasteiger partial charge on any atom is -0.0620 e. The molecule has 0 aliphatic heterocycles. The molecule has 14 heavy (non-hydrogen) atoms. The van der Waals surface area contributed by atoms with Gasteiger partial charge in [0, 0.05) is 0 Å². The number of hydrogen-bond acceptors (Lipinski definition) is 0. The molecule has 0 heteroatoms. The van der Waals surface area contributed by atoms with Gasteiger partial charge >= 0.3 is 0 Å². The zero-order chi connectivity index (χ0) is 9.38. The van der Waals surface area contributed by atoms with Gasteiger partial charge in [-0.05, 0) is 47.9 Å². The van der Waals surface area contributed by atoms with Crippen molar-refractivity contribution in [3.63, 3.8) is 0 Å². The maximum atomic E-state index is 2.31. The average molecular weight is 182 g/mol. The molecule has 3 aliphatic rings. The number of aryl methyl sites for hydroxylation is 2. The lowest BCUT2D eigenvalue weighted by Gasteiger charge is -2.01. The highest BCUT2D eigenvalue weighted by Crippen LogP contribution is 2.34. The first kappa shape index (κ1) is 8.05. The van der Waals surface area contributed by atoms with Crippen molar-refractivity contribution in [2.45, 2.75) is 25.7 Å². The largest absolute Gasteiger partial charge is 0.0620 e. The van der Waals surface area contributed by atoms with Crippen molar-refractivity contribution in [2.75, 3.05) is 0 Å². The normalized spacial score (nSPS) is 15.4. The first-order valence-electron chi connectivity index (χ1n) is 5.45. The van der Waals surface area contributed by atoms with Crippen molar-refractivity contribution in [3.05, 3.63) is 47.5 Å². The van der Waals surface area contributed by atoms with E-state index in [0.29, 0.717) is 0 Å². The number of rotatable bonds is 0. The molecule has 3 rings (SSSR count). The Morgan fingerprint density at radius 3 is 2.29 bits per heavy atom. The molecule has 0 N–H and O–H groups in total. The summed E-state index contributed by atoms with van der Waals surface area (Å²) < 4.78 is 0. The molecule has 0 aromatic carbocycles. The van der Waals surface area contributed by atoms with Gasteiger partial charge in [-0.1, -0.05) is 36.4 Å². The van der Waals surface area contributed by atoms with E-state index < -0.39 is 0 Å². The Hall–Kier alpha value is -1.30. The van der Waals surface area contributed by atoms with Gasteiger partial charge in [0.25, 0.3) is 0 Å². The second kappa shape index (κ2) is 3.13. The maximum absolute atomic E-state index is 2.31. The van der Waals surface area contributed by atoms with Crippen LogP contribution in [-0.2, 0) is 12.8 Å². The van der Waals surface area contributed by atoms with Gasteiger partial charge < -0.3 is 0 Å². The molecule has 0 saturated carbocycles. The SMILES string of the molecule is c1ccc2c3c(ccc-3c1)CCCC2. The molecule has 70 valence electrons. The summed E-state index contributed by atoms with van der Waals surface area (Å²) in [5.74, 6) is 0. The van der Waals surface area contributed by atoms with Crippen molar-refractivity contribution in [1.82, 2.24) is 0 Å². The lowest BCUT2D eigenvalue weighted by molar-refractivity contribution is 0.753. The lowest BCUT2D eigenvalue weighted by atomic mass is 10.0. The third-order valence-corrected chi connectivity index (χ3v) is 3.22.